The molecule has 0 unspecified atom stereocenters. The summed E-state index contributed by atoms with van der Waals surface area (Å²) in [5.41, 5.74) is 11.6. The molecule has 2 atom stereocenters. The third kappa shape index (κ3) is 18.4. The molecule has 0 spiro atoms. The molecule has 548 valence electrons. The number of hydrogen-bond acceptors (Lipinski definition) is 18. The van der Waals surface area contributed by atoms with Gasteiger partial charge in [0.2, 0.25) is 11.8 Å². The number of rotatable bonds is 26. The molecule has 4 aromatic carbocycles. The van der Waals surface area contributed by atoms with Crippen LogP contribution in [0, 0.1) is 0 Å². The molecule has 104 heavy (non-hydrogen) atoms. The Morgan fingerprint density at radius 2 is 0.952 bits per heavy atom. The largest absolute Gasteiger partial charge is 0.496 e. The summed E-state index contributed by atoms with van der Waals surface area (Å²) in [6, 6.07) is 26.2. The second kappa shape index (κ2) is 34.7. The lowest BCUT2D eigenvalue weighted by molar-refractivity contribution is -0.148. The predicted molar refractivity (Wildman–Crippen MR) is 401 cm³/mol. The Balaban J connectivity index is 0.000000208. The number of halogens is 4. The standard InChI is InChI=1S/2C38H43Cl2N7O5/c2*1-22(2)52-33(49)14-17-47-16-13-30-29(21-47)44-37(46(30)3)38(50)45-28-7-5-6-26(34(28)39)27-12-15-42-36(35(27)40)23-8-9-24(31(18-23)51-4)19-41-20-25-10-11-32(48)43-25/h2*5-9,12,15,18,22,25,41H,10-11,13-14,16-17,19-21H2,1-4H3,(H,43,48)(H,45,50)/t2*25-/m00/s1. The van der Waals surface area contributed by atoms with Crippen molar-refractivity contribution in [3.8, 4) is 56.3 Å². The number of anilines is 2. The molecule has 24 nitrogen and oxygen atoms in total. The second-order valence-electron chi connectivity index (χ2n) is 26.6. The zero-order valence-electron chi connectivity index (χ0n) is 59.4. The number of amides is 4. The molecule has 6 N–H and O–H groups in total. The van der Waals surface area contributed by atoms with Crippen molar-refractivity contribution in [3.05, 3.63) is 163 Å². The number of carbonyl (C=O) groups excluding carboxylic acids is 6. The van der Waals surface area contributed by atoms with Gasteiger partial charge in [0.1, 0.15) is 11.5 Å². The number of nitrogens with one attached hydrogen (secondary N) is 6. The minimum atomic E-state index is -0.390. The van der Waals surface area contributed by atoms with Crippen molar-refractivity contribution in [3.63, 3.8) is 0 Å². The summed E-state index contributed by atoms with van der Waals surface area (Å²) in [5, 5.41) is 20.1. The summed E-state index contributed by atoms with van der Waals surface area (Å²) < 4.78 is 25.6. The van der Waals surface area contributed by atoms with E-state index in [1.165, 1.54) is 0 Å². The summed E-state index contributed by atoms with van der Waals surface area (Å²) in [7, 11) is 6.91. The maximum atomic E-state index is 13.6. The molecule has 0 aliphatic carbocycles. The van der Waals surface area contributed by atoms with E-state index in [1.807, 2.05) is 99.5 Å². The van der Waals surface area contributed by atoms with Gasteiger partial charge in [0.25, 0.3) is 11.8 Å². The van der Waals surface area contributed by atoms with Crippen LogP contribution >= 0.6 is 46.4 Å². The second-order valence-corrected chi connectivity index (χ2v) is 28.1. The van der Waals surface area contributed by atoms with Gasteiger partial charge in [0, 0.05) is 186 Å². The fraction of sp³-hybridized carbons (Fsp3) is 0.395. The van der Waals surface area contributed by atoms with E-state index in [9.17, 15) is 28.8 Å². The monoisotopic (exact) mass is 1490 g/mol. The van der Waals surface area contributed by atoms with Gasteiger partial charge < -0.3 is 60.0 Å². The van der Waals surface area contributed by atoms with Crippen molar-refractivity contribution in [1.82, 2.24) is 60.1 Å². The molecule has 12 rings (SSSR count). The Hall–Kier alpha value is -8.98. The van der Waals surface area contributed by atoms with Gasteiger partial charge in [0.05, 0.1) is 93.5 Å². The molecule has 8 aromatic rings. The van der Waals surface area contributed by atoms with Crippen molar-refractivity contribution in [1.29, 1.82) is 0 Å². The molecule has 0 bridgehead atoms. The fourth-order valence-electron chi connectivity index (χ4n) is 13.3. The van der Waals surface area contributed by atoms with Gasteiger partial charge in [-0.25, -0.2) is 9.97 Å². The molecule has 4 aromatic heterocycles. The van der Waals surface area contributed by atoms with E-state index in [2.05, 4.69) is 51.7 Å². The molecule has 28 heteroatoms. The average molecular weight is 1500 g/mol. The minimum absolute atomic E-state index is 0.0918. The van der Waals surface area contributed by atoms with Crippen molar-refractivity contribution in [2.75, 3.05) is 64.1 Å². The molecule has 4 aliphatic heterocycles. The first-order valence-corrected chi connectivity index (χ1v) is 36.3. The van der Waals surface area contributed by atoms with Crippen molar-refractivity contribution in [2.24, 2.45) is 14.1 Å². The van der Waals surface area contributed by atoms with E-state index in [-0.39, 0.29) is 71.5 Å². The topological polar surface area (TPSA) is 279 Å². The van der Waals surface area contributed by atoms with Crippen LogP contribution in [-0.2, 0) is 81.8 Å². The summed E-state index contributed by atoms with van der Waals surface area (Å²) in [6.45, 7) is 13.5. The number of aromatic nitrogens is 6. The van der Waals surface area contributed by atoms with Crippen LogP contribution in [0.1, 0.15) is 121 Å². The summed E-state index contributed by atoms with van der Waals surface area (Å²) >= 11 is 27.9. The van der Waals surface area contributed by atoms with Gasteiger partial charge in [-0.3, -0.25) is 48.5 Å². The molecule has 0 radical (unpaired) electrons. The van der Waals surface area contributed by atoms with Crippen LogP contribution in [0.25, 0.3) is 44.8 Å². The lowest BCUT2D eigenvalue weighted by Gasteiger charge is -2.26. The predicted octanol–water partition coefficient (Wildman–Crippen LogP) is 11.6. The first-order chi connectivity index (χ1) is 50.0. The van der Waals surface area contributed by atoms with Gasteiger partial charge in [0.15, 0.2) is 11.6 Å². The van der Waals surface area contributed by atoms with Gasteiger partial charge in [-0.15, -0.1) is 0 Å². The Bertz CT molecular complexity index is 4240. The molecule has 2 fully saturated rings. The highest BCUT2D eigenvalue weighted by atomic mass is 35.5. The van der Waals surface area contributed by atoms with Crippen LogP contribution in [0.3, 0.4) is 0 Å². The Morgan fingerprint density at radius 3 is 1.33 bits per heavy atom. The molecular formula is C76H86Cl4N14O10. The molecule has 4 amide bonds. The molecule has 8 heterocycles. The zero-order chi connectivity index (χ0) is 73.9. The number of esters is 2. The van der Waals surface area contributed by atoms with E-state index >= 15 is 0 Å². The van der Waals surface area contributed by atoms with Crippen molar-refractivity contribution in [2.45, 2.75) is 130 Å². The van der Waals surface area contributed by atoms with Gasteiger partial charge in [-0.05, 0) is 76.9 Å². The molecular weight excluding hydrogens is 1410 g/mol. The third-order valence-corrected chi connectivity index (χ3v) is 20.2. The van der Waals surface area contributed by atoms with Gasteiger partial charge in [-0.2, -0.15) is 0 Å². The number of methoxy groups -OCH3 is 2. The lowest BCUT2D eigenvalue weighted by Crippen LogP contribution is -2.35. The first-order valence-electron chi connectivity index (χ1n) is 34.8. The number of fused-ring (bicyclic) bond motifs is 2. The smallest absolute Gasteiger partial charge is 0.307 e. The number of carbonyl (C=O) groups is 6. The highest BCUT2D eigenvalue weighted by Gasteiger charge is 2.30. The van der Waals surface area contributed by atoms with E-state index < -0.39 is 0 Å². The first kappa shape index (κ1) is 76.2. The van der Waals surface area contributed by atoms with E-state index in [0.717, 1.165) is 71.0 Å². The Kier molecular flexibility index (Phi) is 25.4. The number of pyridine rings is 2. The lowest BCUT2D eigenvalue weighted by atomic mass is 10.0. The number of nitrogens with zero attached hydrogens (tertiary/aromatic N) is 8. The summed E-state index contributed by atoms with van der Waals surface area (Å²) in [5.74, 6) is 0.864. The van der Waals surface area contributed by atoms with E-state index in [0.29, 0.717) is 167 Å². The fourth-order valence-corrected chi connectivity index (χ4v) is 14.5. The summed E-state index contributed by atoms with van der Waals surface area (Å²) in [4.78, 5) is 97.2. The maximum Gasteiger partial charge on any atom is 0.307 e. The number of hydrogen-bond donors (Lipinski definition) is 6. The molecule has 2 saturated heterocycles. The number of benzene rings is 4. The van der Waals surface area contributed by atoms with Crippen LogP contribution in [0.2, 0.25) is 20.1 Å². The average Bonchev–Trinajstić information content (AvgIpc) is 1.72. The van der Waals surface area contributed by atoms with Crippen molar-refractivity contribution < 1.29 is 47.7 Å². The van der Waals surface area contributed by atoms with Crippen LogP contribution in [0.15, 0.2) is 97.3 Å². The normalized spacial score (nSPS) is 15.8. The zero-order valence-corrected chi connectivity index (χ0v) is 62.5. The van der Waals surface area contributed by atoms with Crippen LogP contribution < -0.4 is 41.4 Å². The quantitative estimate of drug-likeness (QED) is 0.0275. The van der Waals surface area contributed by atoms with Crippen LogP contribution in [-0.4, -0.2) is 152 Å². The van der Waals surface area contributed by atoms with Gasteiger partial charge >= 0.3 is 11.9 Å². The maximum absolute atomic E-state index is 13.6. The Labute approximate surface area is 624 Å². The minimum Gasteiger partial charge on any atom is -0.496 e. The van der Waals surface area contributed by atoms with E-state index in [1.54, 1.807) is 63.0 Å². The SMILES string of the molecule is COc1cc(-c2nccc(-c3cccc(NC(=O)c4nc5c(n4C)CCN(CCC(=O)OC(C)C)C5)c3Cl)c2Cl)ccc1CNC[C@@H]1CCC(=O)N1.COc1cc(-c2nccc(-c3cccc(NC(=O)c4nc5c(n4C)CCN(CCC(=O)OC(C)C)C5)c3Cl)c2Cl)ccc1CNC[C@@H]1CCC(=O)N1. The highest BCUT2D eigenvalue weighted by molar-refractivity contribution is 6.40. The van der Waals surface area contributed by atoms with Crippen LogP contribution in [0.4, 0.5) is 11.4 Å². The van der Waals surface area contributed by atoms with E-state index in [4.69, 9.17) is 75.3 Å². The van der Waals surface area contributed by atoms with Gasteiger partial charge in [-0.1, -0.05) is 94.9 Å². The van der Waals surface area contributed by atoms with Crippen LogP contribution in [0.5, 0.6) is 11.5 Å². The molecule has 0 saturated carbocycles. The number of ether oxygens (including phenoxy) is 4. The Morgan fingerprint density at radius 1 is 0.548 bits per heavy atom. The molecule has 4 aliphatic rings. The summed E-state index contributed by atoms with van der Waals surface area (Å²) in [6.07, 6.45) is 7.85. The van der Waals surface area contributed by atoms with Crippen molar-refractivity contribution >= 4 is 93.3 Å². The third-order valence-electron chi connectivity index (χ3n) is 18.6. The highest BCUT2D eigenvalue weighted by Crippen LogP contribution is 2.44. The number of imidazole rings is 2.